The maximum atomic E-state index is 11.1. The van der Waals surface area contributed by atoms with Crippen LogP contribution >= 0.6 is 11.8 Å². The summed E-state index contributed by atoms with van der Waals surface area (Å²) in [6.45, 7) is 1.31. The first-order valence-electron chi connectivity index (χ1n) is 6.09. The largest absolute Gasteiger partial charge is 0.481 e. The van der Waals surface area contributed by atoms with Crippen LogP contribution < -0.4 is 9.64 Å². The van der Waals surface area contributed by atoms with Gasteiger partial charge in [-0.15, -0.1) is 0 Å². The third-order valence-corrected chi connectivity index (χ3v) is 3.70. The van der Waals surface area contributed by atoms with E-state index in [1.807, 2.05) is 11.2 Å². The van der Waals surface area contributed by atoms with Crippen molar-refractivity contribution in [3.05, 3.63) is 6.07 Å². The predicted molar refractivity (Wildman–Crippen MR) is 72.9 cm³/mol. The first-order valence-corrected chi connectivity index (χ1v) is 7.31. The standard InChI is InChI=1S/C12H17N3O3S/c1-18-10-6-9(13-12(14-10)19-2)15-5-3-4-8(7-15)11(16)17/h6,8H,3-5,7H2,1-2H3,(H,16,17). The molecule has 0 spiro atoms. The van der Waals surface area contributed by atoms with Gasteiger partial charge in [0.1, 0.15) is 5.82 Å². The fourth-order valence-electron chi connectivity index (χ4n) is 2.14. The molecule has 6 nitrogen and oxygen atoms in total. The van der Waals surface area contributed by atoms with Crippen LogP contribution in [0.5, 0.6) is 5.88 Å². The van der Waals surface area contributed by atoms with Gasteiger partial charge in [0.15, 0.2) is 5.16 Å². The van der Waals surface area contributed by atoms with Gasteiger partial charge in [-0.3, -0.25) is 4.79 Å². The van der Waals surface area contributed by atoms with E-state index in [0.717, 1.165) is 25.2 Å². The van der Waals surface area contributed by atoms with Crippen molar-refractivity contribution in [2.24, 2.45) is 5.92 Å². The molecule has 1 unspecified atom stereocenters. The van der Waals surface area contributed by atoms with Gasteiger partial charge in [0.2, 0.25) is 5.88 Å². The van der Waals surface area contributed by atoms with Crippen LogP contribution in [0.2, 0.25) is 0 Å². The average molecular weight is 283 g/mol. The summed E-state index contributed by atoms with van der Waals surface area (Å²) in [5, 5.41) is 9.75. The molecule has 0 bridgehead atoms. The van der Waals surface area contributed by atoms with Crippen molar-refractivity contribution in [2.75, 3.05) is 31.4 Å². The van der Waals surface area contributed by atoms with Gasteiger partial charge in [-0.05, 0) is 19.1 Å². The van der Waals surface area contributed by atoms with Crippen LogP contribution in [0.25, 0.3) is 0 Å². The Bertz CT molecular complexity index is 447. The normalized spacial score (nSPS) is 19.3. The molecule has 19 heavy (non-hydrogen) atoms. The number of thioether (sulfide) groups is 1. The Morgan fingerprint density at radius 1 is 1.58 bits per heavy atom. The van der Waals surface area contributed by atoms with E-state index in [9.17, 15) is 4.79 Å². The summed E-state index contributed by atoms with van der Waals surface area (Å²) in [5.74, 6) is 0.178. The Kier molecular flexibility index (Phi) is 4.47. The summed E-state index contributed by atoms with van der Waals surface area (Å²) in [6, 6.07) is 1.75. The van der Waals surface area contributed by atoms with E-state index in [1.165, 1.54) is 11.8 Å². The van der Waals surface area contributed by atoms with Gasteiger partial charge in [-0.25, -0.2) is 4.98 Å². The first-order chi connectivity index (χ1) is 9.13. The Hall–Kier alpha value is -1.50. The third kappa shape index (κ3) is 3.28. The maximum absolute atomic E-state index is 11.1. The summed E-state index contributed by atoms with van der Waals surface area (Å²) in [7, 11) is 1.56. The molecule has 1 aliphatic heterocycles. The summed E-state index contributed by atoms with van der Waals surface area (Å²) < 4.78 is 5.16. The lowest BCUT2D eigenvalue weighted by molar-refractivity contribution is -0.141. The van der Waals surface area contributed by atoms with Crippen molar-refractivity contribution < 1.29 is 14.6 Å². The van der Waals surface area contributed by atoms with Gasteiger partial charge in [-0.1, -0.05) is 11.8 Å². The summed E-state index contributed by atoms with van der Waals surface area (Å²) >= 11 is 1.44. The number of methoxy groups -OCH3 is 1. The van der Waals surface area contributed by atoms with E-state index >= 15 is 0 Å². The van der Waals surface area contributed by atoms with Crippen LogP contribution in [0.15, 0.2) is 11.2 Å². The van der Waals surface area contributed by atoms with Crippen LogP contribution in [0, 0.1) is 5.92 Å². The van der Waals surface area contributed by atoms with Crippen molar-refractivity contribution in [3.63, 3.8) is 0 Å². The molecular formula is C12H17N3O3S. The van der Waals surface area contributed by atoms with Gasteiger partial charge in [0.25, 0.3) is 0 Å². The minimum atomic E-state index is -0.740. The van der Waals surface area contributed by atoms with Crippen molar-refractivity contribution >= 4 is 23.5 Å². The molecule has 104 valence electrons. The van der Waals surface area contributed by atoms with E-state index in [0.29, 0.717) is 17.6 Å². The Morgan fingerprint density at radius 3 is 3.00 bits per heavy atom. The molecule has 0 radical (unpaired) electrons. The number of ether oxygens (including phenoxy) is 1. The average Bonchev–Trinajstić information content (AvgIpc) is 2.46. The number of hydrogen-bond acceptors (Lipinski definition) is 6. The zero-order chi connectivity index (χ0) is 13.8. The molecule has 1 aromatic heterocycles. The van der Waals surface area contributed by atoms with E-state index in [2.05, 4.69) is 9.97 Å². The number of hydrogen-bond donors (Lipinski definition) is 1. The van der Waals surface area contributed by atoms with E-state index in [1.54, 1.807) is 13.2 Å². The van der Waals surface area contributed by atoms with E-state index in [-0.39, 0.29) is 5.92 Å². The highest BCUT2D eigenvalue weighted by atomic mass is 32.2. The predicted octanol–water partition coefficient (Wildman–Crippen LogP) is 1.51. The molecule has 1 N–H and O–H groups in total. The fourth-order valence-corrected chi connectivity index (χ4v) is 2.50. The highest BCUT2D eigenvalue weighted by molar-refractivity contribution is 7.98. The van der Waals surface area contributed by atoms with Crippen LogP contribution in [0.1, 0.15) is 12.8 Å². The quantitative estimate of drug-likeness (QED) is 0.663. The highest BCUT2D eigenvalue weighted by Crippen LogP contribution is 2.26. The fraction of sp³-hybridized carbons (Fsp3) is 0.583. The number of rotatable bonds is 4. The molecule has 1 fully saturated rings. The molecular weight excluding hydrogens is 266 g/mol. The second-order valence-corrected chi connectivity index (χ2v) is 5.15. The zero-order valence-corrected chi connectivity index (χ0v) is 11.8. The van der Waals surface area contributed by atoms with Gasteiger partial charge in [-0.2, -0.15) is 4.98 Å². The molecule has 0 aliphatic carbocycles. The second-order valence-electron chi connectivity index (χ2n) is 4.38. The molecule has 1 saturated heterocycles. The Balaban J connectivity index is 2.22. The van der Waals surface area contributed by atoms with Gasteiger partial charge in [0, 0.05) is 19.2 Å². The van der Waals surface area contributed by atoms with Crippen molar-refractivity contribution in [3.8, 4) is 5.88 Å². The lowest BCUT2D eigenvalue weighted by Crippen LogP contribution is -2.39. The smallest absolute Gasteiger partial charge is 0.308 e. The molecule has 2 heterocycles. The summed E-state index contributed by atoms with van der Waals surface area (Å²) in [6.07, 6.45) is 3.48. The number of carbonyl (C=O) groups is 1. The van der Waals surface area contributed by atoms with Gasteiger partial charge < -0.3 is 14.7 Å². The second kappa shape index (κ2) is 6.10. The van der Waals surface area contributed by atoms with Crippen LogP contribution in [0.4, 0.5) is 5.82 Å². The van der Waals surface area contributed by atoms with Crippen LogP contribution in [0.3, 0.4) is 0 Å². The number of aliphatic carboxylic acids is 1. The minimum Gasteiger partial charge on any atom is -0.481 e. The molecule has 1 aliphatic rings. The van der Waals surface area contributed by atoms with E-state index in [4.69, 9.17) is 9.84 Å². The lowest BCUT2D eigenvalue weighted by Gasteiger charge is -2.31. The van der Waals surface area contributed by atoms with E-state index < -0.39 is 5.97 Å². The monoisotopic (exact) mass is 283 g/mol. The first kappa shape index (κ1) is 13.9. The number of piperidine rings is 1. The van der Waals surface area contributed by atoms with Gasteiger partial charge in [0.05, 0.1) is 13.0 Å². The van der Waals surface area contributed by atoms with Crippen LogP contribution in [-0.4, -0.2) is 47.5 Å². The Morgan fingerprint density at radius 2 is 2.37 bits per heavy atom. The summed E-state index contributed by atoms with van der Waals surface area (Å²) in [5.41, 5.74) is 0. The molecule has 2 rings (SSSR count). The Labute approximate surface area is 116 Å². The topological polar surface area (TPSA) is 75.5 Å². The molecule has 7 heteroatoms. The van der Waals surface area contributed by atoms with Crippen molar-refractivity contribution in [1.82, 2.24) is 9.97 Å². The molecule has 1 aromatic rings. The maximum Gasteiger partial charge on any atom is 0.308 e. The third-order valence-electron chi connectivity index (χ3n) is 3.15. The number of carboxylic acid groups (broad SMARTS) is 1. The van der Waals surface area contributed by atoms with Crippen molar-refractivity contribution in [2.45, 2.75) is 18.0 Å². The molecule has 0 saturated carbocycles. The number of anilines is 1. The lowest BCUT2D eigenvalue weighted by atomic mass is 9.98. The SMILES string of the molecule is COc1cc(N2CCCC(C(=O)O)C2)nc(SC)n1. The highest BCUT2D eigenvalue weighted by Gasteiger charge is 2.26. The number of nitrogens with zero attached hydrogens (tertiary/aromatic N) is 3. The zero-order valence-electron chi connectivity index (χ0n) is 11.0. The molecule has 1 atom stereocenters. The number of carboxylic acids is 1. The molecule has 0 amide bonds. The molecule has 0 aromatic carbocycles. The number of aromatic nitrogens is 2. The minimum absolute atomic E-state index is 0.326. The van der Waals surface area contributed by atoms with Crippen molar-refractivity contribution in [1.29, 1.82) is 0 Å². The summed E-state index contributed by atoms with van der Waals surface area (Å²) in [4.78, 5) is 21.7. The van der Waals surface area contributed by atoms with Crippen LogP contribution in [-0.2, 0) is 4.79 Å². The van der Waals surface area contributed by atoms with Gasteiger partial charge >= 0.3 is 5.97 Å².